The Bertz CT molecular complexity index is 477. The zero-order chi connectivity index (χ0) is 15.1. The summed E-state index contributed by atoms with van der Waals surface area (Å²) in [4.78, 5) is 7.21. The summed E-state index contributed by atoms with van der Waals surface area (Å²) in [7, 11) is 0. The van der Waals surface area contributed by atoms with E-state index in [0.717, 1.165) is 13.2 Å². The minimum absolute atomic E-state index is 0.183. The van der Waals surface area contributed by atoms with Gasteiger partial charge < -0.3 is 4.74 Å². The summed E-state index contributed by atoms with van der Waals surface area (Å²) in [6, 6.07) is 0. The number of rotatable bonds is 5. The number of hydrogen-bond donors (Lipinski definition) is 0. The van der Waals surface area contributed by atoms with E-state index in [1.807, 2.05) is 6.20 Å². The van der Waals surface area contributed by atoms with E-state index in [-0.39, 0.29) is 11.0 Å². The van der Waals surface area contributed by atoms with Crippen LogP contribution in [0.2, 0.25) is 0 Å². The number of hydrogen-bond acceptors (Lipinski definition) is 4. The highest BCUT2D eigenvalue weighted by molar-refractivity contribution is 7.09. The van der Waals surface area contributed by atoms with E-state index in [1.165, 1.54) is 37.4 Å². The first-order valence-corrected chi connectivity index (χ1v) is 8.94. The molecule has 0 bridgehead atoms. The Balaban J connectivity index is 1.59. The van der Waals surface area contributed by atoms with Gasteiger partial charge in [-0.3, -0.25) is 4.90 Å². The van der Waals surface area contributed by atoms with Crippen molar-refractivity contribution in [3.63, 3.8) is 0 Å². The molecule has 4 heteroatoms. The molecule has 0 amide bonds. The summed E-state index contributed by atoms with van der Waals surface area (Å²) in [5.41, 5.74) is 0.943. The second-order valence-electron chi connectivity index (χ2n) is 8.20. The Hall–Kier alpha value is -0.450. The van der Waals surface area contributed by atoms with Gasteiger partial charge >= 0.3 is 0 Å². The molecule has 1 spiro atoms. The fourth-order valence-corrected chi connectivity index (χ4v) is 4.31. The Labute approximate surface area is 132 Å². The highest BCUT2D eigenvalue weighted by Gasteiger charge is 2.47. The fourth-order valence-electron chi connectivity index (χ4n) is 3.52. The van der Waals surface area contributed by atoms with Gasteiger partial charge in [0.1, 0.15) is 0 Å². The van der Waals surface area contributed by atoms with E-state index >= 15 is 0 Å². The van der Waals surface area contributed by atoms with Crippen molar-refractivity contribution >= 4 is 11.3 Å². The average molecular weight is 308 g/mol. The molecule has 0 saturated carbocycles. The first-order chi connectivity index (χ1) is 9.83. The van der Waals surface area contributed by atoms with E-state index < -0.39 is 0 Å². The van der Waals surface area contributed by atoms with Crippen LogP contribution >= 0.6 is 11.3 Å². The van der Waals surface area contributed by atoms with Gasteiger partial charge in [0.2, 0.25) is 0 Å². The van der Waals surface area contributed by atoms with Gasteiger partial charge in [-0.15, -0.1) is 11.3 Å². The van der Waals surface area contributed by atoms with Crippen LogP contribution in [0, 0.1) is 5.41 Å². The second-order valence-corrected chi connectivity index (χ2v) is 9.09. The fraction of sp³-hybridized carbons (Fsp3) is 0.824. The standard InChI is InChI=1S/C17H28N2OS/c1-15(2,14-18-8-10-21-14)5-6-16(3,4)19-9-7-17(11-19)12-20-13-17/h8,10H,5-7,9,11-13H2,1-4H3. The van der Waals surface area contributed by atoms with Crippen molar-refractivity contribution in [2.75, 3.05) is 26.3 Å². The predicted octanol–water partition coefficient (Wildman–Crippen LogP) is 3.70. The Morgan fingerprint density at radius 2 is 2.05 bits per heavy atom. The SMILES string of the molecule is CC(C)(CCC(C)(C)N1CCC2(COC2)C1)c1nccs1. The van der Waals surface area contributed by atoms with Gasteiger partial charge in [-0.2, -0.15) is 0 Å². The third-order valence-corrected chi connectivity index (χ3v) is 6.62. The lowest BCUT2D eigenvalue weighted by atomic mass is 9.82. The van der Waals surface area contributed by atoms with Crippen LogP contribution in [0.5, 0.6) is 0 Å². The molecular weight excluding hydrogens is 280 g/mol. The molecule has 0 N–H and O–H groups in total. The first kappa shape index (κ1) is 15.4. The van der Waals surface area contributed by atoms with Crippen LogP contribution in [0.25, 0.3) is 0 Å². The molecule has 1 aromatic heterocycles. The van der Waals surface area contributed by atoms with E-state index in [0.29, 0.717) is 5.41 Å². The summed E-state index contributed by atoms with van der Waals surface area (Å²) in [5.74, 6) is 0. The molecule has 3 rings (SSSR count). The quantitative estimate of drug-likeness (QED) is 0.829. The molecule has 0 atom stereocenters. The van der Waals surface area contributed by atoms with Gasteiger partial charge in [-0.25, -0.2) is 4.98 Å². The van der Waals surface area contributed by atoms with Crippen LogP contribution in [-0.4, -0.2) is 41.7 Å². The summed E-state index contributed by atoms with van der Waals surface area (Å²) >= 11 is 1.78. The normalized spacial score (nSPS) is 22.7. The number of thiazole rings is 1. The minimum Gasteiger partial charge on any atom is -0.380 e. The molecular formula is C17H28N2OS. The van der Waals surface area contributed by atoms with Crippen molar-refractivity contribution in [1.82, 2.24) is 9.88 Å². The molecule has 0 aromatic carbocycles. The van der Waals surface area contributed by atoms with E-state index in [4.69, 9.17) is 4.74 Å². The first-order valence-electron chi connectivity index (χ1n) is 8.06. The van der Waals surface area contributed by atoms with Crippen molar-refractivity contribution in [2.24, 2.45) is 5.41 Å². The lowest BCUT2D eigenvalue weighted by Gasteiger charge is -2.42. The Kier molecular flexibility index (Phi) is 3.92. The third-order valence-electron chi connectivity index (χ3n) is 5.48. The van der Waals surface area contributed by atoms with Crippen LogP contribution < -0.4 is 0 Å². The molecule has 1 aromatic rings. The summed E-state index contributed by atoms with van der Waals surface area (Å²) in [6.07, 6.45) is 5.64. The summed E-state index contributed by atoms with van der Waals surface area (Å²) < 4.78 is 5.45. The maximum absolute atomic E-state index is 5.45. The van der Waals surface area contributed by atoms with Crippen molar-refractivity contribution in [2.45, 2.75) is 57.9 Å². The molecule has 118 valence electrons. The predicted molar refractivity (Wildman–Crippen MR) is 87.9 cm³/mol. The third kappa shape index (κ3) is 3.03. The lowest BCUT2D eigenvalue weighted by Crippen LogP contribution is -2.49. The number of aromatic nitrogens is 1. The highest BCUT2D eigenvalue weighted by atomic mass is 32.1. The number of nitrogens with zero attached hydrogens (tertiary/aromatic N) is 2. The van der Waals surface area contributed by atoms with Gasteiger partial charge in [0.15, 0.2) is 0 Å². The van der Waals surface area contributed by atoms with Crippen LogP contribution in [0.4, 0.5) is 0 Å². The lowest BCUT2D eigenvalue weighted by molar-refractivity contribution is -0.108. The van der Waals surface area contributed by atoms with Crippen LogP contribution in [0.15, 0.2) is 11.6 Å². The zero-order valence-electron chi connectivity index (χ0n) is 13.8. The molecule has 3 nitrogen and oxygen atoms in total. The van der Waals surface area contributed by atoms with Crippen LogP contribution in [-0.2, 0) is 10.2 Å². The minimum atomic E-state index is 0.183. The maximum Gasteiger partial charge on any atom is 0.0981 e. The van der Waals surface area contributed by atoms with Crippen molar-refractivity contribution < 1.29 is 4.74 Å². The molecule has 21 heavy (non-hydrogen) atoms. The summed E-state index contributed by atoms with van der Waals surface area (Å²) in [5, 5.41) is 3.35. The molecule has 2 aliphatic heterocycles. The van der Waals surface area contributed by atoms with Gasteiger partial charge in [0.05, 0.1) is 18.2 Å². The Morgan fingerprint density at radius 3 is 2.57 bits per heavy atom. The highest BCUT2D eigenvalue weighted by Crippen LogP contribution is 2.42. The average Bonchev–Trinajstić information content (AvgIpc) is 3.05. The van der Waals surface area contributed by atoms with Gasteiger partial charge in [0.25, 0.3) is 0 Å². The van der Waals surface area contributed by atoms with Crippen molar-refractivity contribution in [1.29, 1.82) is 0 Å². The molecule has 3 heterocycles. The van der Waals surface area contributed by atoms with E-state index in [9.17, 15) is 0 Å². The molecule has 2 fully saturated rings. The topological polar surface area (TPSA) is 25.4 Å². The van der Waals surface area contributed by atoms with Crippen molar-refractivity contribution in [3.05, 3.63) is 16.6 Å². The van der Waals surface area contributed by atoms with Gasteiger partial charge in [0, 0.05) is 34.5 Å². The molecule has 0 unspecified atom stereocenters. The Morgan fingerprint density at radius 1 is 1.29 bits per heavy atom. The van der Waals surface area contributed by atoms with E-state index in [1.54, 1.807) is 11.3 Å². The second kappa shape index (κ2) is 5.32. The van der Waals surface area contributed by atoms with E-state index in [2.05, 4.69) is 43.0 Å². The number of ether oxygens (including phenoxy) is 1. The van der Waals surface area contributed by atoms with Crippen LogP contribution in [0.3, 0.4) is 0 Å². The van der Waals surface area contributed by atoms with Gasteiger partial charge in [-0.05, 0) is 39.7 Å². The molecule has 2 aliphatic rings. The molecule has 0 radical (unpaired) electrons. The largest absolute Gasteiger partial charge is 0.380 e. The maximum atomic E-state index is 5.45. The zero-order valence-corrected chi connectivity index (χ0v) is 14.6. The van der Waals surface area contributed by atoms with Gasteiger partial charge in [-0.1, -0.05) is 13.8 Å². The monoisotopic (exact) mass is 308 g/mol. The molecule has 2 saturated heterocycles. The number of likely N-dealkylation sites (tertiary alicyclic amines) is 1. The smallest absolute Gasteiger partial charge is 0.0981 e. The molecule has 0 aliphatic carbocycles. The van der Waals surface area contributed by atoms with Crippen molar-refractivity contribution in [3.8, 4) is 0 Å². The summed E-state index contributed by atoms with van der Waals surface area (Å²) in [6.45, 7) is 13.9. The van der Waals surface area contributed by atoms with Crippen LogP contribution in [0.1, 0.15) is 52.0 Å².